The second kappa shape index (κ2) is 5.88. The van der Waals surface area contributed by atoms with E-state index in [1.165, 1.54) is 0 Å². The topological polar surface area (TPSA) is 29.9 Å². The summed E-state index contributed by atoms with van der Waals surface area (Å²) in [5.74, 6) is 0.759. The molecular weight excluding hydrogens is 255 g/mol. The molecule has 0 saturated carbocycles. The fourth-order valence-electron chi connectivity index (χ4n) is 1.77. The minimum Gasteiger partial charge on any atom is -0.330 e. The van der Waals surface area contributed by atoms with Crippen LogP contribution in [0.2, 0.25) is 0 Å². The highest BCUT2D eigenvalue weighted by atomic mass is 19.4. The zero-order valence-electron chi connectivity index (χ0n) is 10.2. The zero-order chi connectivity index (χ0) is 13.7. The monoisotopic (exact) mass is 269 g/mol. The molecule has 102 valence electrons. The van der Waals surface area contributed by atoms with Crippen LogP contribution in [0, 0.1) is 0 Å². The Kier molecular flexibility index (Phi) is 4.21. The molecule has 0 spiro atoms. The standard InChI is InChI=1S/C13H14F3N3/c14-13(15,16)10-17-6-8-19-9-7-18-12(19)11-4-2-1-3-5-11/h1-5,7,9,17H,6,8,10H2. The number of nitrogens with one attached hydrogen (secondary N) is 1. The largest absolute Gasteiger partial charge is 0.401 e. The molecule has 0 aliphatic carbocycles. The van der Waals surface area contributed by atoms with Crippen molar-refractivity contribution in [3.63, 3.8) is 0 Å². The summed E-state index contributed by atoms with van der Waals surface area (Å²) in [7, 11) is 0. The van der Waals surface area contributed by atoms with E-state index >= 15 is 0 Å². The van der Waals surface area contributed by atoms with Gasteiger partial charge in [0, 0.05) is 31.0 Å². The predicted octanol–water partition coefficient (Wildman–Crippen LogP) is 2.70. The first-order valence-corrected chi connectivity index (χ1v) is 5.90. The molecule has 6 heteroatoms. The van der Waals surface area contributed by atoms with Gasteiger partial charge in [-0.05, 0) is 0 Å². The predicted molar refractivity (Wildman–Crippen MR) is 66.6 cm³/mol. The summed E-state index contributed by atoms with van der Waals surface area (Å²) in [6.07, 6.45) is -0.763. The van der Waals surface area contributed by atoms with Crippen LogP contribution in [-0.4, -0.2) is 28.8 Å². The molecule has 2 rings (SSSR count). The second-order valence-corrected chi connectivity index (χ2v) is 4.10. The van der Waals surface area contributed by atoms with E-state index in [1.807, 2.05) is 34.9 Å². The second-order valence-electron chi connectivity index (χ2n) is 4.10. The fraction of sp³-hybridized carbons (Fsp3) is 0.308. The van der Waals surface area contributed by atoms with Crippen molar-refractivity contribution < 1.29 is 13.2 Å². The van der Waals surface area contributed by atoms with Gasteiger partial charge in [0.25, 0.3) is 0 Å². The molecule has 0 aliphatic heterocycles. The third kappa shape index (κ3) is 4.10. The van der Waals surface area contributed by atoms with Crippen LogP contribution in [0.1, 0.15) is 0 Å². The summed E-state index contributed by atoms with van der Waals surface area (Å²) >= 11 is 0. The number of hydrogen-bond acceptors (Lipinski definition) is 2. The quantitative estimate of drug-likeness (QED) is 0.846. The lowest BCUT2D eigenvalue weighted by atomic mass is 10.2. The van der Waals surface area contributed by atoms with Crippen molar-refractivity contribution in [2.24, 2.45) is 0 Å². The smallest absolute Gasteiger partial charge is 0.330 e. The highest BCUT2D eigenvalue weighted by molar-refractivity contribution is 5.55. The minimum absolute atomic E-state index is 0.246. The first-order chi connectivity index (χ1) is 9.06. The molecule has 1 aromatic heterocycles. The molecular formula is C13H14F3N3. The van der Waals surface area contributed by atoms with Crippen LogP contribution in [0.5, 0.6) is 0 Å². The number of nitrogens with zero attached hydrogens (tertiary/aromatic N) is 2. The maximum Gasteiger partial charge on any atom is 0.401 e. The summed E-state index contributed by atoms with van der Waals surface area (Å²) < 4.78 is 37.8. The summed E-state index contributed by atoms with van der Waals surface area (Å²) in [4.78, 5) is 4.23. The number of alkyl halides is 3. The molecule has 19 heavy (non-hydrogen) atoms. The molecule has 2 aromatic rings. The highest BCUT2D eigenvalue weighted by Gasteiger charge is 2.25. The first kappa shape index (κ1) is 13.6. The Morgan fingerprint density at radius 3 is 2.58 bits per heavy atom. The Morgan fingerprint density at radius 2 is 1.89 bits per heavy atom. The molecule has 0 fully saturated rings. The van der Waals surface area contributed by atoms with Crippen molar-refractivity contribution in [1.82, 2.24) is 14.9 Å². The van der Waals surface area contributed by atoms with Gasteiger partial charge in [0.1, 0.15) is 5.82 Å². The van der Waals surface area contributed by atoms with Crippen LogP contribution in [0.3, 0.4) is 0 Å². The third-order valence-corrected chi connectivity index (χ3v) is 2.60. The Balaban J connectivity index is 1.94. The van der Waals surface area contributed by atoms with Gasteiger partial charge >= 0.3 is 6.18 Å². The van der Waals surface area contributed by atoms with E-state index in [0.717, 1.165) is 11.4 Å². The molecule has 1 N–H and O–H groups in total. The highest BCUT2D eigenvalue weighted by Crippen LogP contribution is 2.16. The lowest BCUT2D eigenvalue weighted by molar-refractivity contribution is -0.124. The van der Waals surface area contributed by atoms with Crippen molar-refractivity contribution in [3.8, 4) is 11.4 Å². The summed E-state index contributed by atoms with van der Waals surface area (Å²) in [6.45, 7) is -0.279. The summed E-state index contributed by atoms with van der Waals surface area (Å²) in [5, 5.41) is 2.37. The van der Waals surface area contributed by atoms with Crippen molar-refractivity contribution in [2.75, 3.05) is 13.1 Å². The molecule has 0 aliphatic rings. The van der Waals surface area contributed by atoms with Crippen molar-refractivity contribution in [2.45, 2.75) is 12.7 Å². The van der Waals surface area contributed by atoms with E-state index in [1.54, 1.807) is 12.4 Å². The van der Waals surface area contributed by atoms with Gasteiger partial charge in [0.15, 0.2) is 0 Å². The minimum atomic E-state index is -4.17. The average molecular weight is 269 g/mol. The number of halogens is 3. The van der Waals surface area contributed by atoms with Crippen LogP contribution in [0.4, 0.5) is 13.2 Å². The molecule has 0 bridgehead atoms. The van der Waals surface area contributed by atoms with E-state index in [2.05, 4.69) is 10.3 Å². The lowest BCUT2D eigenvalue weighted by Gasteiger charge is -2.10. The molecule has 3 nitrogen and oxygen atoms in total. The van der Waals surface area contributed by atoms with Gasteiger partial charge in [0.2, 0.25) is 0 Å². The van der Waals surface area contributed by atoms with Gasteiger partial charge in [-0.1, -0.05) is 30.3 Å². The third-order valence-electron chi connectivity index (χ3n) is 2.60. The Bertz CT molecular complexity index is 505. The number of hydrogen-bond donors (Lipinski definition) is 1. The number of aromatic nitrogens is 2. The van der Waals surface area contributed by atoms with Crippen LogP contribution in [0.25, 0.3) is 11.4 Å². The molecule has 1 aromatic carbocycles. The Labute approximate surface area is 109 Å². The maximum atomic E-state index is 12.0. The average Bonchev–Trinajstić information content (AvgIpc) is 2.83. The van der Waals surface area contributed by atoms with E-state index < -0.39 is 12.7 Å². The van der Waals surface area contributed by atoms with Crippen molar-refractivity contribution in [3.05, 3.63) is 42.7 Å². The summed E-state index contributed by atoms with van der Waals surface area (Å²) in [5.41, 5.74) is 0.948. The van der Waals surface area contributed by atoms with E-state index in [0.29, 0.717) is 6.54 Å². The van der Waals surface area contributed by atoms with Gasteiger partial charge < -0.3 is 9.88 Å². The zero-order valence-corrected chi connectivity index (χ0v) is 10.2. The molecule has 0 atom stereocenters. The van der Waals surface area contributed by atoms with Gasteiger partial charge in [-0.15, -0.1) is 0 Å². The molecule has 0 saturated heterocycles. The SMILES string of the molecule is FC(F)(F)CNCCn1ccnc1-c1ccccc1. The first-order valence-electron chi connectivity index (χ1n) is 5.90. The lowest BCUT2D eigenvalue weighted by Crippen LogP contribution is -2.31. The number of rotatable bonds is 5. The van der Waals surface area contributed by atoms with Crippen LogP contribution < -0.4 is 5.32 Å². The molecule has 0 unspecified atom stereocenters. The van der Waals surface area contributed by atoms with E-state index in [9.17, 15) is 13.2 Å². The van der Waals surface area contributed by atoms with Gasteiger partial charge in [-0.3, -0.25) is 0 Å². The summed E-state index contributed by atoms with van der Waals surface area (Å²) in [6, 6.07) is 9.54. The normalized spacial score (nSPS) is 11.7. The van der Waals surface area contributed by atoms with Crippen molar-refractivity contribution >= 4 is 0 Å². The Hall–Kier alpha value is -1.82. The van der Waals surface area contributed by atoms with Crippen LogP contribution in [0.15, 0.2) is 42.7 Å². The molecule has 0 amide bonds. The van der Waals surface area contributed by atoms with Crippen LogP contribution >= 0.6 is 0 Å². The van der Waals surface area contributed by atoms with Gasteiger partial charge in [0.05, 0.1) is 6.54 Å². The van der Waals surface area contributed by atoms with Crippen molar-refractivity contribution in [1.29, 1.82) is 0 Å². The van der Waals surface area contributed by atoms with Crippen LogP contribution in [-0.2, 0) is 6.54 Å². The van der Waals surface area contributed by atoms with E-state index in [4.69, 9.17) is 0 Å². The van der Waals surface area contributed by atoms with Gasteiger partial charge in [-0.2, -0.15) is 13.2 Å². The number of benzene rings is 1. The maximum absolute atomic E-state index is 12.0. The van der Waals surface area contributed by atoms with Gasteiger partial charge in [-0.25, -0.2) is 4.98 Å². The molecule has 0 radical (unpaired) electrons. The fourth-order valence-corrected chi connectivity index (χ4v) is 1.77. The van der Waals surface area contributed by atoms with E-state index in [-0.39, 0.29) is 6.54 Å². The number of imidazole rings is 1. The molecule has 1 heterocycles. The Morgan fingerprint density at radius 1 is 1.16 bits per heavy atom.